The minimum atomic E-state index is -0.315. The van der Waals surface area contributed by atoms with Crippen LogP contribution in [0.4, 0.5) is 10.1 Å². The van der Waals surface area contributed by atoms with Gasteiger partial charge in [-0.25, -0.2) is 4.39 Å². The molecular formula is C20H24FN3O3. The Morgan fingerprint density at radius 1 is 1.00 bits per heavy atom. The highest BCUT2D eigenvalue weighted by Gasteiger charge is 2.13. The van der Waals surface area contributed by atoms with Crippen LogP contribution in [-0.4, -0.2) is 43.5 Å². The first-order chi connectivity index (χ1) is 13.0. The van der Waals surface area contributed by atoms with Crippen LogP contribution in [0.2, 0.25) is 0 Å². The molecule has 6 nitrogen and oxygen atoms in total. The van der Waals surface area contributed by atoms with E-state index < -0.39 is 0 Å². The van der Waals surface area contributed by atoms with E-state index in [2.05, 4.69) is 10.6 Å². The number of hydrogen-bond donors (Lipinski definition) is 2. The van der Waals surface area contributed by atoms with Gasteiger partial charge >= 0.3 is 0 Å². The van der Waals surface area contributed by atoms with Crippen LogP contribution >= 0.6 is 0 Å². The van der Waals surface area contributed by atoms with Gasteiger partial charge in [0.15, 0.2) is 0 Å². The van der Waals surface area contributed by atoms with Gasteiger partial charge in [-0.2, -0.15) is 0 Å². The van der Waals surface area contributed by atoms with Gasteiger partial charge in [0.25, 0.3) is 0 Å². The normalized spacial score (nSPS) is 10.5. The zero-order valence-electron chi connectivity index (χ0n) is 15.5. The van der Waals surface area contributed by atoms with E-state index in [1.807, 2.05) is 6.92 Å². The first-order valence-electron chi connectivity index (χ1n) is 8.67. The lowest BCUT2D eigenvalue weighted by molar-refractivity contribution is -0.123. The second kappa shape index (κ2) is 10.3. The lowest BCUT2D eigenvalue weighted by Gasteiger charge is -2.19. The molecule has 2 N–H and O–H groups in total. The monoisotopic (exact) mass is 373 g/mol. The fourth-order valence-electron chi connectivity index (χ4n) is 2.42. The van der Waals surface area contributed by atoms with E-state index in [-0.39, 0.29) is 30.7 Å². The minimum absolute atomic E-state index is 0.104. The van der Waals surface area contributed by atoms with E-state index in [1.165, 1.54) is 12.1 Å². The number of carbonyl (C=O) groups excluding carboxylic acids is 2. The van der Waals surface area contributed by atoms with Gasteiger partial charge in [-0.3, -0.25) is 14.5 Å². The molecule has 0 atom stereocenters. The standard InChI is InChI=1S/C20H24FN3O3/c1-3-24(13-19(25)22-12-15-4-6-16(21)7-5-15)14-20(26)23-17-8-10-18(27-2)11-9-17/h4-11H,3,12-14H2,1-2H3,(H,22,25)(H,23,26). The number of methoxy groups -OCH3 is 1. The summed E-state index contributed by atoms with van der Waals surface area (Å²) >= 11 is 0. The van der Waals surface area contributed by atoms with Crippen LogP contribution in [0, 0.1) is 5.82 Å². The van der Waals surface area contributed by atoms with Gasteiger partial charge in [-0.15, -0.1) is 0 Å². The Kier molecular flexibility index (Phi) is 7.76. The molecule has 0 saturated heterocycles. The average molecular weight is 373 g/mol. The van der Waals surface area contributed by atoms with Gasteiger partial charge in [0, 0.05) is 12.2 Å². The van der Waals surface area contributed by atoms with Crippen molar-refractivity contribution in [2.24, 2.45) is 0 Å². The second-order valence-corrected chi connectivity index (χ2v) is 5.98. The van der Waals surface area contributed by atoms with Crippen LogP contribution in [0.25, 0.3) is 0 Å². The number of anilines is 1. The summed E-state index contributed by atoms with van der Waals surface area (Å²) in [6, 6.07) is 13.0. The van der Waals surface area contributed by atoms with Crippen LogP contribution in [0.5, 0.6) is 5.75 Å². The van der Waals surface area contributed by atoms with Crippen molar-refractivity contribution < 1.29 is 18.7 Å². The van der Waals surface area contributed by atoms with E-state index in [4.69, 9.17) is 4.74 Å². The SMILES string of the molecule is CCN(CC(=O)NCc1ccc(F)cc1)CC(=O)Nc1ccc(OC)cc1. The zero-order valence-corrected chi connectivity index (χ0v) is 15.5. The maximum atomic E-state index is 12.9. The fraction of sp³-hybridized carbons (Fsp3) is 0.300. The van der Waals surface area contributed by atoms with Crippen molar-refractivity contribution in [3.63, 3.8) is 0 Å². The lowest BCUT2D eigenvalue weighted by Crippen LogP contribution is -2.40. The smallest absolute Gasteiger partial charge is 0.238 e. The van der Waals surface area contributed by atoms with E-state index >= 15 is 0 Å². The Hall–Kier alpha value is -2.93. The number of carbonyl (C=O) groups is 2. The number of rotatable bonds is 9. The van der Waals surface area contributed by atoms with Crippen molar-refractivity contribution in [3.05, 3.63) is 59.9 Å². The predicted octanol–water partition coefficient (Wildman–Crippen LogP) is 2.41. The maximum absolute atomic E-state index is 12.9. The predicted molar refractivity (Wildman–Crippen MR) is 102 cm³/mol. The molecule has 0 aromatic heterocycles. The topological polar surface area (TPSA) is 70.7 Å². The van der Waals surface area contributed by atoms with Gasteiger partial charge in [0.2, 0.25) is 11.8 Å². The summed E-state index contributed by atoms with van der Waals surface area (Å²) in [5, 5.41) is 5.56. The highest BCUT2D eigenvalue weighted by atomic mass is 19.1. The van der Waals surface area contributed by atoms with Gasteiger partial charge in [0.05, 0.1) is 20.2 Å². The third-order valence-electron chi connectivity index (χ3n) is 3.96. The van der Waals surface area contributed by atoms with Crippen molar-refractivity contribution in [1.82, 2.24) is 10.2 Å². The molecule has 27 heavy (non-hydrogen) atoms. The van der Waals surface area contributed by atoms with Gasteiger partial charge in [-0.05, 0) is 48.5 Å². The third-order valence-corrected chi connectivity index (χ3v) is 3.96. The molecule has 0 spiro atoms. The van der Waals surface area contributed by atoms with E-state index in [9.17, 15) is 14.0 Å². The molecule has 144 valence electrons. The molecule has 0 unspecified atom stereocenters. The Balaban J connectivity index is 1.78. The zero-order chi connectivity index (χ0) is 19.6. The van der Waals surface area contributed by atoms with Crippen LogP contribution in [0.3, 0.4) is 0 Å². The lowest BCUT2D eigenvalue weighted by atomic mass is 10.2. The van der Waals surface area contributed by atoms with Gasteiger partial charge in [-0.1, -0.05) is 19.1 Å². The molecule has 0 aliphatic carbocycles. The van der Waals surface area contributed by atoms with Crippen LogP contribution in [0.15, 0.2) is 48.5 Å². The van der Waals surface area contributed by atoms with Crippen molar-refractivity contribution in [3.8, 4) is 5.75 Å². The minimum Gasteiger partial charge on any atom is -0.497 e. The number of nitrogens with one attached hydrogen (secondary N) is 2. The molecular weight excluding hydrogens is 349 g/mol. The van der Waals surface area contributed by atoms with E-state index in [0.29, 0.717) is 24.5 Å². The highest BCUT2D eigenvalue weighted by Crippen LogP contribution is 2.14. The maximum Gasteiger partial charge on any atom is 0.238 e. The molecule has 0 radical (unpaired) electrons. The summed E-state index contributed by atoms with van der Waals surface area (Å²) < 4.78 is 18.0. The summed E-state index contributed by atoms with van der Waals surface area (Å²) in [6.07, 6.45) is 0. The van der Waals surface area contributed by atoms with Crippen LogP contribution in [-0.2, 0) is 16.1 Å². The number of ether oxygens (including phenoxy) is 1. The Bertz CT molecular complexity index is 748. The molecule has 2 rings (SSSR count). The number of hydrogen-bond acceptors (Lipinski definition) is 4. The van der Waals surface area contributed by atoms with E-state index in [1.54, 1.807) is 48.4 Å². The summed E-state index contributed by atoms with van der Waals surface area (Å²) in [5.41, 5.74) is 1.47. The molecule has 0 aliphatic heterocycles. The number of benzene rings is 2. The summed E-state index contributed by atoms with van der Waals surface area (Å²) in [4.78, 5) is 26.0. The van der Waals surface area contributed by atoms with Crippen LogP contribution in [0.1, 0.15) is 12.5 Å². The summed E-state index contributed by atoms with van der Waals surface area (Å²) in [5.74, 6) is -0.00195. The summed E-state index contributed by atoms with van der Waals surface area (Å²) in [7, 11) is 1.58. The Morgan fingerprint density at radius 2 is 1.63 bits per heavy atom. The molecule has 0 aliphatic rings. The molecule has 2 amide bonds. The van der Waals surface area contributed by atoms with Crippen molar-refractivity contribution in [1.29, 1.82) is 0 Å². The number of likely N-dealkylation sites (N-methyl/N-ethyl adjacent to an activating group) is 1. The average Bonchev–Trinajstić information content (AvgIpc) is 2.67. The quantitative estimate of drug-likeness (QED) is 0.708. The van der Waals surface area contributed by atoms with Crippen molar-refractivity contribution in [2.75, 3.05) is 32.1 Å². The highest BCUT2D eigenvalue weighted by molar-refractivity contribution is 5.92. The first kappa shape index (κ1) is 20.4. The second-order valence-electron chi connectivity index (χ2n) is 5.98. The molecule has 7 heteroatoms. The van der Waals surface area contributed by atoms with Gasteiger partial charge < -0.3 is 15.4 Å². The number of amides is 2. The first-order valence-corrected chi connectivity index (χ1v) is 8.67. The van der Waals surface area contributed by atoms with Crippen molar-refractivity contribution in [2.45, 2.75) is 13.5 Å². The van der Waals surface area contributed by atoms with Gasteiger partial charge in [0.1, 0.15) is 11.6 Å². The molecule has 0 bridgehead atoms. The Labute approximate surface area is 158 Å². The third kappa shape index (κ3) is 7.07. The molecule has 2 aromatic carbocycles. The molecule has 0 fully saturated rings. The van der Waals surface area contributed by atoms with Crippen LogP contribution < -0.4 is 15.4 Å². The number of halogens is 1. The molecule has 0 saturated carbocycles. The molecule has 0 heterocycles. The number of nitrogens with zero attached hydrogens (tertiary/aromatic N) is 1. The van der Waals surface area contributed by atoms with E-state index in [0.717, 1.165) is 5.56 Å². The van der Waals surface area contributed by atoms with Crippen molar-refractivity contribution >= 4 is 17.5 Å². The largest absolute Gasteiger partial charge is 0.497 e. The fourth-order valence-corrected chi connectivity index (χ4v) is 2.42. The summed E-state index contributed by atoms with van der Waals surface area (Å²) in [6.45, 7) is 2.96. The Morgan fingerprint density at radius 3 is 2.22 bits per heavy atom. The molecule has 2 aromatic rings.